The van der Waals surface area contributed by atoms with Crippen LogP contribution in [0.5, 0.6) is 0 Å². The van der Waals surface area contributed by atoms with Crippen molar-refractivity contribution in [1.29, 1.82) is 0 Å². The van der Waals surface area contributed by atoms with Gasteiger partial charge < -0.3 is 45.6 Å². The van der Waals surface area contributed by atoms with Crippen LogP contribution in [0.25, 0.3) is 0 Å². The van der Waals surface area contributed by atoms with Gasteiger partial charge in [-0.2, -0.15) is 0 Å². The normalized spacial score (nSPS) is 19.0. The number of hydrogen-bond acceptors (Lipinski definition) is 11. The first-order chi connectivity index (χ1) is 26.3. The summed E-state index contributed by atoms with van der Waals surface area (Å²) < 4.78 is 11.3. The summed E-state index contributed by atoms with van der Waals surface area (Å²) in [5.74, 6) is -2.21. The van der Waals surface area contributed by atoms with Crippen molar-refractivity contribution in [3.8, 4) is 0 Å². The summed E-state index contributed by atoms with van der Waals surface area (Å²) in [6.45, 7) is 6.06. The van der Waals surface area contributed by atoms with E-state index in [4.69, 9.17) is 9.47 Å². The number of likely N-dealkylation sites (tertiary alicyclic amines) is 1. The molecular formula is C39H59N7O8S. The van der Waals surface area contributed by atoms with Gasteiger partial charge in [-0.3, -0.25) is 19.2 Å². The number of nitrogens with zero attached hydrogens (tertiary/aromatic N) is 3. The van der Waals surface area contributed by atoms with Crippen LogP contribution in [0.4, 0.5) is 10.5 Å². The molecule has 1 saturated carbocycles. The lowest BCUT2D eigenvalue weighted by Crippen LogP contribution is -2.59. The Hall–Kier alpha value is -4.28. The van der Waals surface area contributed by atoms with Gasteiger partial charge in [0, 0.05) is 45.0 Å². The molecule has 5 N–H and O–H groups in total. The zero-order valence-electron chi connectivity index (χ0n) is 33.0. The minimum Gasteiger partial charge on any atom is -0.445 e. The number of nitrogens with one attached hydrogen (secondary N) is 4. The molecule has 15 nitrogen and oxygen atoms in total. The van der Waals surface area contributed by atoms with Crippen LogP contribution in [0.3, 0.4) is 0 Å². The van der Waals surface area contributed by atoms with Crippen molar-refractivity contribution in [2.24, 2.45) is 11.8 Å². The molecule has 1 aromatic heterocycles. The quantitative estimate of drug-likeness (QED) is 0.141. The topological polar surface area (TPSA) is 192 Å². The number of carbonyl (C=O) groups excluding carboxylic acids is 5. The van der Waals surface area contributed by atoms with Crippen LogP contribution in [0.2, 0.25) is 0 Å². The fraction of sp³-hybridized carbons (Fsp3) is 0.641. The van der Waals surface area contributed by atoms with E-state index in [0.29, 0.717) is 38.6 Å². The van der Waals surface area contributed by atoms with E-state index < -0.39 is 47.7 Å². The van der Waals surface area contributed by atoms with Gasteiger partial charge in [-0.25, -0.2) is 9.78 Å². The van der Waals surface area contributed by atoms with Crippen molar-refractivity contribution in [2.45, 2.75) is 115 Å². The van der Waals surface area contributed by atoms with Gasteiger partial charge >= 0.3 is 6.09 Å². The Labute approximate surface area is 328 Å². The first kappa shape index (κ1) is 43.4. The van der Waals surface area contributed by atoms with E-state index in [0.717, 1.165) is 29.1 Å². The number of hydrogen-bond donors (Lipinski definition) is 5. The predicted octanol–water partition coefficient (Wildman–Crippen LogP) is 3.42. The van der Waals surface area contributed by atoms with E-state index in [-0.39, 0.29) is 49.8 Å². The highest BCUT2D eigenvalue weighted by Crippen LogP contribution is 2.31. The molecule has 5 amide bonds. The Balaban J connectivity index is 1.34. The van der Waals surface area contributed by atoms with E-state index in [1.54, 1.807) is 25.1 Å². The van der Waals surface area contributed by atoms with Crippen molar-refractivity contribution < 1.29 is 38.6 Å². The van der Waals surface area contributed by atoms with Crippen molar-refractivity contribution in [1.82, 2.24) is 30.7 Å². The van der Waals surface area contributed by atoms with Crippen LogP contribution in [0, 0.1) is 11.8 Å². The highest BCUT2D eigenvalue weighted by molar-refractivity contribution is 7.09. The molecule has 0 bridgehead atoms. The Bertz CT molecular complexity index is 1570. The van der Waals surface area contributed by atoms with Gasteiger partial charge in [-0.1, -0.05) is 52.2 Å². The Morgan fingerprint density at radius 2 is 1.80 bits per heavy atom. The van der Waals surface area contributed by atoms with Crippen LogP contribution < -0.4 is 21.3 Å². The van der Waals surface area contributed by atoms with Crippen molar-refractivity contribution in [3.63, 3.8) is 0 Å². The summed E-state index contributed by atoms with van der Waals surface area (Å²) in [7, 11) is 4.96. The van der Waals surface area contributed by atoms with Gasteiger partial charge in [-0.15, -0.1) is 11.3 Å². The lowest BCUT2D eigenvalue weighted by Gasteiger charge is -2.39. The number of methoxy groups -OCH3 is 1. The molecule has 2 heterocycles. The maximum absolute atomic E-state index is 13.9. The number of aliphatic hydroxyl groups is 1. The molecular weight excluding hydrogens is 727 g/mol. The second-order valence-corrected chi connectivity index (χ2v) is 15.7. The minimum atomic E-state index is -1.19. The average molecular weight is 786 g/mol. The number of ether oxygens (including phenoxy) is 2. The number of anilines is 1. The van der Waals surface area contributed by atoms with E-state index in [2.05, 4.69) is 26.3 Å². The fourth-order valence-corrected chi connectivity index (χ4v) is 8.19. The molecule has 304 valence electrons. The number of carbonyl (C=O) groups is 5. The monoisotopic (exact) mass is 785 g/mol. The third-order valence-corrected chi connectivity index (χ3v) is 12.0. The number of alkyl carbamates (subject to hydrolysis) is 1. The summed E-state index contributed by atoms with van der Waals surface area (Å²) in [6.07, 6.45) is 3.40. The van der Waals surface area contributed by atoms with Gasteiger partial charge in [0.25, 0.3) is 0 Å². The SMILES string of the molecule is CC[C@H](C)[C@@H]([C@@H](CC(=O)N1CCC[C@H]1[C@H](O)[C@@H](C)C(=O)NCc1nccs1)OC)N(C)C(=O)CNC(=O)C1(NC(=O)OCc2ccc(NC)cc2)CCCC1. The average Bonchev–Trinajstić information content (AvgIpc) is 4.01. The lowest BCUT2D eigenvalue weighted by atomic mass is 9.90. The molecule has 0 unspecified atom stereocenters. The summed E-state index contributed by atoms with van der Waals surface area (Å²) in [6, 6.07) is 6.39. The molecule has 6 atom stereocenters. The summed E-state index contributed by atoms with van der Waals surface area (Å²) in [5.41, 5.74) is 0.538. The van der Waals surface area contributed by atoms with Gasteiger partial charge in [-0.05, 0) is 49.3 Å². The Morgan fingerprint density at radius 1 is 1.09 bits per heavy atom. The van der Waals surface area contributed by atoms with Gasteiger partial charge in [0.2, 0.25) is 23.6 Å². The van der Waals surface area contributed by atoms with Gasteiger partial charge in [0.1, 0.15) is 17.2 Å². The third kappa shape index (κ3) is 11.4. The number of likely N-dealkylation sites (N-methyl/N-ethyl adjacent to an activating group) is 1. The molecule has 1 saturated heterocycles. The molecule has 1 aliphatic heterocycles. The van der Waals surface area contributed by atoms with E-state index >= 15 is 0 Å². The largest absolute Gasteiger partial charge is 0.445 e. The molecule has 2 aliphatic rings. The van der Waals surface area contributed by atoms with Crippen LogP contribution >= 0.6 is 11.3 Å². The zero-order valence-corrected chi connectivity index (χ0v) is 33.8. The van der Waals surface area contributed by atoms with Crippen molar-refractivity contribution in [2.75, 3.05) is 39.6 Å². The van der Waals surface area contributed by atoms with Crippen LogP contribution in [-0.2, 0) is 41.8 Å². The summed E-state index contributed by atoms with van der Waals surface area (Å²) >= 11 is 1.43. The highest BCUT2D eigenvalue weighted by atomic mass is 32.1. The molecule has 4 rings (SSSR count). The number of aromatic nitrogens is 1. The molecule has 1 aliphatic carbocycles. The fourth-order valence-electron chi connectivity index (χ4n) is 7.63. The second kappa shape index (κ2) is 20.6. The Morgan fingerprint density at radius 3 is 2.42 bits per heavy atom. The molecule has 0 radical (unpaired) electrons. The summed E-state index contributed by atoms with van der Waals surface area (Å²) in [4.78, 5) is 74.2. The smallest absolute Gasteiger partial charge is 0.408 e. The standard InChI is InChI=1S/C39H59N7O8S/c1-7-25(2)34(30(53-6)21-32(47)46-19-10-11-29(46)35(49)26(3)36(50)42-22-31-41-18-20-55-31)45(5)33(48)23-43-37(51)39(16-8-9-17-39)44-38(52)54-24-27-12-14-28(40-4)15-13-27/h12-15,18,20,25-26,29-30,34-35,40,49H,7-11,16-17,19,21-24H2,1-6H3,(H,42,50)(H,43,51)(H,44,52)/t25-,26+,29-,30+,34-,35+/m0/s1. The Kier molecular flexibility index (Phi) is 16.3. The predicted molar refractivity (Wildman–Crippen MR) is 209 cm³/mol. The van der Waals surface area contributed by atoms with Crippen molar-refractivity contribution in [3.05, 3.63) is 46.4 Å². The number of rotatable bonds is 19. The third-order valence-electron chi connectivity index (χ3n) is 11.2. The number of benzene rings is 1. The zero-order chi connectivity index (χ0) is 40.1. The van der Waals surface area contributed by atoms with Gasteiger partial charge in [0.05, 0.1) is 49.7 Å². The first-order valence-corrected chi connectivity index (χ1v) is 20.1. The molecule has 55 heavy (non-hydrogen) atoms. The maximum Gasteiger partial charge on any atom is 0.408 e. The number of thiazole rings is 1. The lowest BCUT2D eigenvalue weighted by molar-refractivity contribution is -0.145. The van der Waals surface area contributed by atoms with Crippen molar-refractivity contribution >= 4 is 46.7 Å². The minimum absolute atomic E-state index is 0.0423. The number of aliphatic hydroxyl groups excluding tert-OH is 1. The molecule has 2 aromatic rings. The van der Waals surface area contributed by atoms with Crippen LogP contribution in [0.1, 0.15) is 82.7 Å². The highest BCUT2D eigenvalue weighted by Gasteiger charge is 2.44. The molecule has 1 aromatic carbocycles. The second-order valence-electron chi connectivity index (χ2n) is 14.7. The van der Waals surface area contributed by atoms with Crippen LogP contribution in [0.15, 0.2) is 35.8 Å². The van der Waals surface area contributed by atoms with E-state index in [9.17, 15) is 29.1 Å². The van der Waals surface area contributed by atoms with E-state index in [1.807, 2.05) is 50.5 Å². The first-order valence-electron chi connectivity index (χ1n) is 19.3. The number of amides is 5. The summed E-state index contributed by atoms with van der Waals surface area (Å²) in [5, 5.41) is 25.3. The molecule has 2 fully saturated rings. The molecule has 0 spiro atoms. The maximum atomic E-state index is 13.9. The van der Waals surface area contributed by atoms with Gasteiger partial charge in [0.15, 0.2) is 0 Å². The molecule has 16 heteroatoms. The van der Waals surface area contributed by atoms with E-state index in [1.165, 1.54) is 23.3 Å². The van der Waals surface area contributed by atoms with Crippen LogP contribution in [-0.4, -0.2) is 114 Å².